The van der Waals surface area contributed by atoms with Gasteiger partial charge in [-0.3, -0.25) is 0 Å². The monoisotopic (exact) mass is 351 g/mol. The molecule has 2 unspecified atom stereocenters. The van der Waals surface area contributed by atoms with Gasteiger partial charge in [-0.15, -0.1) is 16.1 Å². The first-order valence-corrected chi connectivity index (χ1v) is 9.15. The van der Waals surface area contributed by atoms with E-state index in [1.54, 1.807) is 0 Å². The molecule has 1 heterocycles. The molecule has 5 nitrogen and oxygen atoms in total. The van der Waals surface area contributed by atoms with E-state index >= 15 is 0 Å². The normalized spacial score (nSPS) is 15.4. The Bertz CT molecular complexity index is 665. The largest absolute Gasteiger partial charge is 0.598 e. The molecule has 0 aliphatic carbocycles. The maximum atomic E-state index is 12.5. The number of hydrogen-bond donors (Lipinski definition) is 3. The van der Waals surface area contributed by atoms with Crippen LogP contribution in [0.1, 0.15) is 42.8 Å². The van der Waals surface area contributed by atoms with E-state index in [-0.39, 0.29) is 16.6 Å². The van der Waals surface area contributed by atoms with E-state index in [2.05, 4.69) is 9.88 Å². The van der Waals surface area contributed by atoms with Crippen molar-refractivity contribution in [3.8, 4) is 0 Å². The number of nitrogens with one attached hydrogen (secondary N) is 1. The van der Waals surface area contributed by atoms with Crippen LogP contribution in [0.2, 0.25) is 0 Å². The maximum absolute atomic E-state index is 12.5. The summed E-state index contributed by atoms with van der Waals surface area (Å²) in [4.78, 5) is 0.954. The van der Waals surface area contributed by atoms with Gasteiger partial charge in [0.25, 0.3) is 0 Å². The van der Waals surface area contributed by atoms with Crippen molar-refractivity contribution in [1.29, 1.82) is 0 Å². The third-order valence-electron chi connectivity index (χ3n) is 3.22. The van der Waals surface area contributed by atoms with Crippen molar-refractivity contribution in [2.45, 2.75) is 31.6 Å². The molecule has 2 atom stereocenters. The van der Waals surface area contributed by atoms with Crippen molar-refractivity contribution in [2.75, 3.05) is 0 Å². The maximum Gasteiger partial charge on any atom is 0.170 e. The Hall–Kier alpha value is -1.54. The molecule has 1 aromatic heterocycles. The number of benzene rings is 1. The van der Waals surface area contributed by atoms with Crippen molar-refractivity contribution in [3.63, 3.8) is 0 Å². The summed E-state index contributed by atoms with van der Waals surface area (Å²) in [5, 5.41) is 13.7. The fourth-order valence-electron chi connectivity index (χ4n) is 1.92. The van der Waals surface area contributed by atoms with Gasteiger partial charge in [-0.1, -0.05) is 35.5 Å². The average molecular weight is 351 g/mol. The minimum absolute atomic E-state index is 0.0660. The van der Waals surface area contributed by atoms with Gasteiger partial charge in [-0.2, -0.15) is 0 Å². The van der Waals surface area contributed by atoms with Crippen molar-refractivity contribution in [1.82, 2.24) is 4.72 Å². The van der Waals surface area contributed by atoms with E-state index in [9.17, 15) is 4.55 Å². The molecule has 0 spiro atoms. The predicted octanol–water partition coefficient (Wildman–Crippen LogP) is 2.98. The van der Waals surface area contributed by atoms with Gasteiger partial charge in [-0.25, -0.2) is 0 Å². The minimum Gasteiger partial charge on any atom is -0.598 e. The molecule has 0 bridgehead atoms. The summed E-state index contributed by atoms with van der Waals surface area (Å²) < 4.78 is 15.4. The van der Waals surface area contributed by atoms with Crippen LogP contribution in [0.5, 0.6) is 0 Å². The second-order valence-electron chi connectivity index (χ2n) is 6.07. The molecule has 0 saturated heterocycles. The van der Waals surface area contributed by atoms with Crippen LogP contribution in [0, 0.1) is 0 Å². The first kappa shape index (κ1) is 17.8. The standard InChI is InChI=1S/C16H21N3O2S2/c1-16(2,3)23(21)19-14(11-7-5-4-6-8-11)13-9-12(10-22-13)15(17)18-20/h4-10,14,19-20H,1-3H3,(H2,17,18). The molecule has 4 N–H and O–H groups in total. The molecular weight excluding hydrogens is 330 g/mol. The second kappa shape index (κ2) is 7.35. The second-order valence-corrected chi connectivity index (χ2v) is 9.01. The highest BCUT2D eigenvalue weighted by molar-refractivity contribution is 7.90. The van der Waals surface area contributed by atoms with Crippen LogP contribution in [0.25, 0.3) is 0 Å². The summed E-state index contributed by atoms with van der Waals surface area (Å²) in [6, 6.07) is 11.4. The van der Waals surface area contributed by atoms with Crippen LogP contribution in [-0.2, 0) is 11.4 Å². The fourth-order valence-corrected chi connectivity index (χ4v) is 3.80. The summed E-state index contributed by atoms with van der Waals surface area (Å²) in [5.41, 5.74) is 7.31. The lowest BCUT2D eigenvalue weighted by molar-refractivity contribution is 0.318. The molecule has 0 radical (unpaired) electrons. The molecule has 23 heavy (non-hydrogen) atoms. The van der Waals surface area contributed by atoms with E-state index in [1.807, 2.05) is 62.5 Å². The van der Waals surface area contributed by atoms with E-state index in [4.69, 9.17) is 10.9 Å². The molecule has 2 aromatic rings. The van der Waals surface area contributed by atoms with Gasteiger partial charge in [0.1, 0.15) is 10.8 Å². The average Bonchev–Trinajstić information content (AvgIpc) is 3.01. The fraction of sp³-hybridized carbons (Fsp3) is 0.312. The van der Waals surface area contributed by atoms with E-state index in [1.165, 1.54) is 11.3 Å². The number of thiophene rings is 1. The number of hydrogen-bond acceptors (Lipinski definition) is 5. The minimum atomic E-state index is -1.23. The third-order valence-corrected chi connectivity index (χ3v) is 5.78. The number of rotatable bonds is 5. The van der Waals surface area contributed by atoms with E-state index in [0.29, 0.717) is 5.56 Å². The van der Waals surface area contributed by atoms with Crippen LogP contribution >= 0.6 is 11.3 Å². The van der Waals surface area contributed by atoms with E-state index < -0.39 is 11.4 Å². The Kier molecular flexibility index (Phi) is 5.69. The molecule has 0 saturated carbocycles. The molecule has 124 valence electrons. The lowest BCUT2D eigenvalue weighted by Crippen LogP contribution is -2.41. The van der Waals surface area contributed by atoms with Crippen molar-refractivity contribution in [2.24, 2.45) is 10.9 Å². The number of oxime groups is 1. The Morgan fingerprint density at radius 1 is 1.35 bits per heavy atom. The summed E-state index contributed by atoms with van der Waals surface area (Å²) in [5.74, 6) is 0.0660. The topological polar surface area (TPSA) is 93.7 Å². The van der Waals surface area contributed by atoms with Crippen LogP contribution in [0.4, 0.5) is 0 Å². The predicted molar refractivity (Wildman–Crippen MR) is 96.1 cm³/mol. The van der Waals surface area contributed by atoms with E-state index in [0.717, 1.165) is 10.4 Å². The molecule has 7 heteroatoms. The van der Waals surface area contributed by atoms with Crippen LogP contribution in [0.15, 0.2) is 46.9 Å². The lowest BCUT2D eigenvalue weighted by atomic mass is 10.1. The van der Waals surface area contributed by atoms with Gasteiger partial charge < -0.3 is 15.5 Å². The Morgan fingerprint density at radius 2 is 2.00 bits per heavy atom. The third kappa shape index (κ3) is 4.48. The van der Waals surface area contributed by atoms with Gasteiger partial charge >= 0.3 is 0 Å². The zero-order chi connectivity index (χ0) is 17.0. The highest BCUT2D eigenvalue weighted by Gasteiger charge is 2.31. The lowest BCUT2D eigenvalue weighted by Gasteiger charge is -2.27. The van der Waals surface area contributed by atoms with Gasteiger partial charge in [0.05, 0.1) is 0 Å². The Labute approximate surface area is 143 Å². The van der Waals surface area contributed by atoms with Crippen molar-refractivity contribution < 1.29 is 9.76 Å². The summed E-state index contributed by atoms with van der Waals surface area (Å²) in [7, 11) is 0. The number of nitrogens with zero attached hydrogens (tertiary/aromatic N) is 1. The van der Waals surface area contributed by atoms with Crippen molar-refractivity contribution >= 4 is 28.5 Å². The summed E-state index contributed by atoms with van der Waals surface area (Å²) in [6.45, 7) is 5.78. The highest BCUT2D eigenvalue weighted by atomic mass is 32.2. The van der Waals surface area contributed by atoms with Gasteiger partial charge in [0.15, 0.2) is 5.84 Å². The molecule has 1 aromatic carbocycles. The zero-order valence-electron chi connectivity index (χ0n) is 13.3. The smallest absolute Gasteiger partial charge is 0.170 e. The van der Waals surface area contributed by atoms with Gasteiger partial charge in [0, 0.05) is 27.2 Å². The Morgan fingerprint density at radius 3 is 2.57 bits per heavy atom. The molecule has 0 aliphatic rings. The summed E-state index contributed by atoms with van der Waals surface area (Å²) >= 11 is 0.254. The first-order valence-electron chi connectivity index (χ1n) is 7.12. The Balaban J connectivity index is 2.36. The molecule has 0 aliphatic heterocycles. The van der Waals surface area contributed by atoms with Crippen molar-refractivity contribution in [3.05, 3.63) is 57.8 Å². The highest BCUT2D eigenvalue weighted by Crippen LogP contribution is 2.30. The van der Waals surface area contributed by atoms with Gasteiger partial charge in [-0.05, 0) is 32.4 Å². The number of amidine groups is 1. The zero-order valence-corrected chi connectivity index (χ0v) is 14.9. The molecular formula is C16H21N3O2S2. The SMILES string of the molecule is CC(C)(C)[S+]([O-])NC(c1ccccc1)c1cc(C(N)=NO)cs1. The molecule has 2 rings (SSSR count). The van der Waals surface area contributed by atoms with Crippen LogP contribution in [-0.4, -0.2) is 20.3 Å². The molecule has 0 amide bonds. The number of nitrogens with two attached hydrogens (primary N) is 1. The van der Waals surface area contributed by atoms with Crippen LogP contribution in [0.3, 0.4) is 0 Å². The quantitative estimate of drug-likeness (QED) is 0.254. The van der Waals surface area contributed by atoms with Crippen LogP contribution < -0.4 is 10.5 Å². The summed E-state index contributed by atoms with van der Waals surface area (Å²) in [6.07, 6.45) is 0. The first-order chi connectivity index (χ1) is 10.8. The van der Waals surface area contributed by atoms with Gasteiger partial charge in [0.2, 0.25) is 0 Å². The molecule has 0 fully saturated rings.